The van der Waals surface area contributed by atoms with Crippen LogP contribution in [0, 0.1) is 11.3 Å². The molecule has 0 aliphatic carbocycles. The lowest BCUT2D eigenvalue weighted by Gasteiger charge is -2.36. The summed E-state index contributed by atoms with van der Waals surface area (Å²) in [5, 5.41) is 10.9. The van der Waals surface area contributed by atoms with Gasteiger partial charge in [-0.3, -0.25) is 0 Å². The number of amides is 1. The Bertz CT molecular complexity index is 1520. The van der Waals surface area contributed by atoms with Crippen LogP contribution < -0.4 is 4.90 Å². The molecule has 0 radical (unpaired) electrons. The number of aromatic nitrogens is 3. The van der Waals surface area contributed by atoms with Gasteiger partial charge in [0, 0.05) is 49.1 Å². The molecule has 0 bridgehead atoms. The molecular formula is C28H28Cl2N6O2. The molecule has 3 heterocycles. The fourth-order valence-corrected chi connectivity index (χ4v) is 4.74. The Balaban J connectivity index is 0.00000107. The van der Waals surface area contributed by atoms with Crippen molar-refractivity contribution in [3.63, 3.8) is 0 Å². The molecule has 1 fully saturated rings. The predicted octanol–water partition coefficient (Wildman–Crippen LogP) is 6.74. The molecule has 1 aliphatic heterocycles. The van der Waals surface area contributed by atoms with Gasteiger partial charge in [0.15, 0.2) is 5.65 Å². The average molecular weight is 551 g/mol. The highest BCUT2D eigenvalue weighted by Crippen LogP contribution is 2.34. The molecule has 0 N–H and O–H groups in total. The van der Waals surface area contributed by atoms with Gasteiger partial charge in [0.05, 0.1) is 17.1 Å². The normalized spacial score (nSPS) is 13.6. The summed E-state index contributed by atoms with van der Waals surface area (Å²) in [5.41, 5.74) is 1.67. The lowest BCUT2D eigenvalue weighted by Crippen LogP contribution is -2.50. The minimum Gasteiger partial charge on any atom is -0.444 e. The van der Waals surface area contributed by atoms with E-state index in [2.05, 4.69) is 14.9 Å². The van der Waals surface area contributed by atoms with Crippen LogP contribution in [0.2, 0.25) is 10.3 Å². The molecule has 5 rings (SSSR count). The molecule has 2 aromatic carbocycles. The Labute approximate surface area is 231 Å². The minimum absolute atomic E-state index is 0.127. The van der Waals surface area contributed by atoms with Gasteiger partial charge in [0.25, 0.3) is 0 Å². The summed E-state index contributed by atoms with van der Waals surface area (Å²) >= 11 is 12.9. The van der Waals surface area contributed by atoms with E-state index in [9.17, 15) is 4.79 Å². The first-order valence-corrected chi connectivity index (χ1v) is 12.9. The summed E-state index contributed by atoms with van der Waals surface area (Å²) in [7, 11) is 0. The van der Waals surface area contributed by atoms with Gasteiger partial charge in [-0.05, 0) is 56.0 Å². The van der Waals surface area contributed by atoms with Gasteiger partial charge < -0.3 is 14.5 Å². The maximum absolute atomic E-state index is 12.4. The second kappa shape index (κ2) is 11.4. The van der Waals surface area contributed by atoms with E-state index in [1.54, 1.807) is 11.0 Å². The Morgan fingerprint density at radius 1 is 0.974 bits per heavy atom. The summed E-state index contributed by atoms with van der Waals surface area (Å²) in [6.45, 7) is 9.28. The molecule has 0 spiro atoms. The Hall–Kier alpha value is -3.67. The topological polar surface area (TPSA) is 95.2 Å². The number of hydrogen-bond donors (Lipinski definition) is 0. The number of rotatable bonds is 2. The van der Waals surface area contributed by atoms with Gasteiger partial charge in [-0.25, -0.2) is 9.78 Å². The van der Waals surface area contributed by atoms with Crippen molar-refractivity contribution in [2.75, 3.05) is 31.1 Å². The van der Waals surface area contributed by atoms with Crippen molar-refractivity contribution in [1.82, 2.24) is 19.9 Å². The molecule has 0 unspecified atom stereocenters. The zero-order valence-corrected chi connectivity index (χ0v) is 23.2. The number of ether oxygens (including phenoxy) is 1. The fourth-order valence-electron chi connectivity index (χ4n) is 4.30. The third-order valence-corrected chi connectivity index (χ3v) is 6.36. The second-order valence-electron chi connectivity index (χ2n) is 9.71. The predicted molar refractivity (Wildman–Crippen MR) is 152 cm³/mol. The van der Waals surface area contributed by atoms with Crippen LogP contribution in [0.5, 0.6) is 0 Å². The molecule has 1 aliphatic rings. The number of carbonyl (C=O) groups excluding carboxylic acids is 1. The Morgan fingerprint density at radius 2 is 1.63 bits per heavy atom. The number of carbonyl (C=O) groups is 1. The molecule has 196 valence electrons. The largest absolute Gasteiger partial charge is 0.444 e. The molecule has 1 saturated heterocycles. The highest BCUT2D eigenvalue weighted by molar-refractivity contribution is 6.36. The monoisotopic (exact) mass is 550 g/mol. The molecule has 1 amide bonds. The number of hydrogen-bond acceptors (Lipinski definition) is 7. The van der Waals surface area contributed by atoms with Crippen molar-refractivity contribution in [1.29, 1.82) is 5.26 Å². The van der Waals surface area contributed by atoms with E-state index in [-0.39, 0.29) is 11.4 Å². The molecule has 10 heteroatoms. The number of pyridine rings is 1. The molecule has 0 atom stereocenters. The van der Waals surface area contributed by atoms with Crippen LogP contribution in [0.25, 0.3) is 33.1 Å². The summed E-state index contributed by atoms with van der Waals surface area (Å²) in [6, 6.07) is 17.5. The van der Waals surface area contributed by atoms with E-state index in [1.165, 1.54) is 6.92 Å². The number of piperazine rings is 1. The van der Waals surface area contributed by atoms with Crippen molar-refractivity contribution in [2.24, 2.45) is 0 Å². The summed E-state index contributed by atoms with van der Waals surface area (Å²) in [5.74, 6) is 0.707. The lowest BCUT2D eigenvalue weighted by atomic mass is 10.0. The van der Waals surface area contributed by atoms with Crippen molar-refractivity contribution in [3.05, 3.63) is 58.8 Å². The van der Waals surface area contributed by atoms with E-state index < -0.39 is 5.60 Å². The molecular weight excluding hydrogens is 523 g/mol. The summed E-state index contributed by atoms with van der Waals surface area (Å²) in [6.07, 6.45) is -0.303. The standard InChI is InChI=1S/C26H25Cl2N5O2.C2H3N/c1-26(2,3)35-25(34)33-14-12-32(13-15-33)23-18-10-11-20(29-22(18)30-24(28)31-23)17-8-4-6-16-7-5-9-19(27)21(16)17;1-2-3/h4-11H,12-15H2,1-3H3;1H3. The molecule has 38 heavy (non-hydrogen) atoms. The van der Waals surface area contributed by atoms with E-state index in [0.717, 1.165) is 27.4 Å². The van der Waals surface area contributed by atoms with Crippen LogP contribution in [0.1, 0.15) is 27.7 Å². The van der Waals surface area contributed by atoms with Crippen LogP contribution in [0.3, 0.4) is 0 Å². The summed E-state index contributed by atoms with van der Waals surface area (Å²) in [4.78, 5) is 30.0. The summed E-state index contributed by atoms with van der Waals surface area (Å²) < 4.78 is 5.50. The lowest BCUT2D eigenvalue weighted by molar-refractivity contribution is 0.0240. The van der Waals surface area contributed by atoms with E-state index in [4.69, 9.17) is 38.2 Å². The molecule has 4 aromatic rings. The van der Waals surface area contributed by atoms with Gasteiger partial charge in [-0.15, -0.1) is 0 Å². The zero-order valence-electron chi connectivity index (χ0n) is 21.7. The Morgan fingerprint density at radius 3 is 2.29 bits per heavy atom. The Kier molecular flexibility index (Phi) is 8.20. The van der Waals surface area contributed by atoms with Crippen LogP contribution in [-0.4, -0.2) is 57.7 Å². The first kappa shape index (κ1) is 27.4. The number of anilines is 1. The van der Waals surface area contributed by atoms with Crippen molar-refractivity contribution >= 4 is 56.9 Å². The van der Waals surface area contributed by atoms with Gasteiger partial charge >= 0.3 is 6.09 Å². The molecule has 0 saturated carbocycles. The number of nitrogens with zero attached hydrogens (tertiary/aromatic N) is 6. The van der Waals surface area contributed by atoms with Crippen LogP contribution in [0.4, 0.5) is 10.6 Å². The average Bonchev–Trinajstić information content (AvgIpc) is 2.87. The third kappa shape index (κ3) is 6.07. The quantitative estimate of drug-likeness (QED) is 0.255. The number of halogens is 2. The maximum atomic E-state index is 12.4. The van der Waals surface area contributed by atoms with Crippen LogP contribution >= 0.6 is 23.2 Å². The zero-order chi connectivity index (χ0) is 27.4. The van der Waals surface area contributed by atoms with E-state index in [0.29, 0.717) is 42.7 Å². The third-order valence-electron chi connectivity index (χ3n) is 5.87. The fraction of sp³-hybridized carbons (Fsp3) is 0.321. The van der Waals surface area contributed by atoms with Crippen LogP contribution in [0.15, 0.2) is 48.5 Å². The maximum Gasteiger partial charge on any atom is 0.410 e. The van der Waals surface area contributed by atoms with Gasteiger partial charge in [0.1, 0.15) is 11.4 Å². The molecule has 2 aromatic heterocycles. The number of fused-ring (bicyclic) bond motifs is 2. The highest BCUT2D eigenvalue weighted by Gasteiger charge is 2.27. The minimum atomic E-state index is -0.526. The van der Waals surface area contributed by atoms with Gasteiger partial charge in [-0.2, -0.15) is 15.2 Å². The van der Waals surface area contributed by atoms with E-state index in [1.807, 2.05) is 69.3 Å². The van der Waals surface area contributed by atoms with Crippen molar-refractivity contribution in [3.8, 4) is 17.3 Å². The first-order valence-electron chi connectivity index (χ1n) is 12.2. The van der Waals surface area contributed by atoms with Gasteiger partial charge in [-0.1, -0.05) is 41.9 Å². The van der Waals surface area contributed by atoms with Crippen molar-refractivity contribution in [2.45, 2.75) is 33.3 Å². The number of nitriles is 1. The van der Waals surface area contributed by atoms with Crippen molar-refractivity contribution < 1.29 is 9.53 Å². The smallest absolute Gasteiger partial charge is 0.410 e. The highest BCUT2D eigenvalue weighted by atomic mass is 35.5. The van der Waals surface area contributed by atoms with E-state index >= 15 is 0 Å². The first-order chi connectivity index (χ1) is 18.1. The SMILES string of the molecule is CC#N.CC(C)(C)OC(=O)N1CCN(c2nc(Cl)nc3nc(-c4cccc5cccc(Cl)c45)ccc23)CC1. The second-order valence-corrected chi connectivity index (χ2v) is 10.5. The number of benzene rings is 2. The molecule has 8 nitrogen and oxygen atoms in total. The van der Waals surface area contributed by atoms with Gasteiger partial charge in [0.2, 0.25) is 5.28 Å². The van der Waals surface area contributed by atoms with Crippen LogP contribution in [-0.2, 0) is 4.74 Å².